The van der Waals surface area contributed by atoms with Crippen molar-refractivity contribution in [1.82, 2.24) is 14.7 Å². The van der Waals surface area contributed by atoms with Crippen molar-refractivity contribution in [1.29, 1.82) is 0 Å². The molecule has 0 aromatic heterocycles. The zero-order chi connectivity index (χ0) is 21.5. The average molecular weight is 448 g/mol. The highest BCUT2D eigenvalue weighted by molar-refractivity contribution is 8.19. The van der Waals surface area contributed by atoms with E-state index in [9.17, 15) is 9.59 Å². The molecule has 1 aromatic carbocycles. The first-order chi connectivity index (χ1) is 14.5. The van der Waals surface area contributed by atoms with Crippen molar-refractivity contribution in [2.75, 3.05) is 46.9 Å². The molecule has 2 aliphatic heterocycles. The van der Waals surface area contributed by atoms with Crippen LogP contribution >= 0.6 is 24.0 Å². The molecule has 0 aliphatic carbocycles. The molecule has 0 unspecified atom stereocenters. The van der Waals surface area contributed by atoms with Crippen LogP contribution in [0.15, 0.2) is 29.2 Å². The van der Waals surface area contributed by atoms with Crippen molar-refractivity contribution in [2.24, 2.45) is 0 Å². The molecule has 0 spiro atoms. The molecule has 162 valence electrons. The second-order valence-electron chi connectivity index (χ2n) is 7.60. The maximum Gasteiger partial charge on any atom is 0.291 e. The Morgan fingerprint density at radius 1 is 1.13 bits per heavy atom. The molecule has 2 fully saturated rings. The van der Waals surface area contributed by atoms with E-state index in [1.54, 1.807) is 12.0 Å². The van der Waals surface area contributed by atoms with Crippen LogP contribution < -0.4 is 4.74 Å². The molecule has 30 heavy (non-hydrogen) atoms. The number of methoxy groups -OCH3 is 1. The van der Waals surface area contributed by atoms with Gasteiger partial charge in [0.1, 0.15) is 10.7 Å². The normalized spacial score (nSPS) is 19.1. The minimum Gasteiger partial charge on any atom is -0.497 e. The number of nitrogens with zero attached hydrogens (tertiary/aromatic N) is 3. The third-order valence-corrected chi connectivity index (χ3v) is 6.91. The van der Waals surface area contributed by atoms with Crippen LogP contribution in [0.3, 0.4) is 0 Å². The second kappa shape index (κ2) is 10.9. The molecule has 0 saturated carbocycles. The van der Waals surface area contributed by atoms with Gasteiger partial charge < -0.3 is 14.5 Å². The fraction of sp³-hybridized carbons (Fsp3) is 0.500. The molecule has 8 heteroatoms. The van der Waals surface area contributed by atoms with E-state index in [1.807, 2.05) is 35.2 Å². The van der Waals surface area contributed by atoms with Gasteiger partial charge in [0, 0.05) is 39.1 Å². The maximum absolute atomic E-state index is 12.4. The summed E-state index contributed by atoms with van der Waals surface area (Å²) in [6, 6.07) is 7.66. The molecule has 0 N–H and O–H groups in total. The lowest BCUT2D eigenvalue weighted by molar-refractivity contribution is -0.132. The fourth-order valence-corrected chi connectivity index (χ4v) is 4.77. The van der Waals surface area contributed by atoms with E-state index in [1.165, 1.54) is 11.8 Å². The van der Waals surface area contributed by atoms with Crippen molar-refractivity contribution in [3.63, 3.8) is 0 Å². The number of piperazine rings is 1. The lowest BCUT2D eigenvalue weighted by Crippen LogP contribution is -2.47. The topological polar surface area (TPSA) is 53.1 Å². The van der Waals surface area contributed by atoms with Gasteiger partial charge in [0.15, 0.2) is 0 Å². The van der Waals surface area contributed by atoms with Crippen LogP contribution in [0.25, 0.3) is 6.08 Å². The van der Waals surface area contributed by atoms with Gasteiger partial charge in [-0.25, -0.2) is 0 Å². The minimum atomic E-state index is -0.0201. The average Bonchev–Trinajstić information content (AvgIpc) is 3.01. The lowest BCUT2D eigenvalue weighted by atomic mass is 10.1. The number of rotatable bonds is 8. The SMILES string of the molecule is COc1ccc(/C=C2/SC(=O)N(CCCCCC(=O)N3CCN(C)CC3)C2=S)cc1. The van der Waals surface area contributed by atoms with Crippen molar-refractivity contribution < 1.29 is 14.3 Å². The first kappa shape index (κ1) is 22.8. The number of thioether (sulfide) groups is 1. The summed E-state index contributed by atoms with van der Waals surface area (Å²) in [6.07, 6.45) is 5.13. The Kier molecular flexibility index (Phi) is 8.30. The van der Waals surface area contributed by atoms with Crippen LogP contribution in [0.4, 0.5) is 4.79 Å². The Labute approximate surface area is 188 Å². The van der Waals surface area contributed by atoms with Crippen molar-refractivity contribution >= 4 is 46.2 Å². The highest BCUT2D eigenvalue weighted by atomic mass is 32.2. The number of carbonyl (C=O) groups is 2. The molecule has 2 amide bonds. The number of hydrogen-bond donors (Lipinski definition) is 0. The summed E-state index contributed by atoms with van der Waals surface area (Å²) in [7, 11) is 3.72. The van der Waals surface area contributed by atoms with Crippen LogP contribution in [-0.2, 0) is 4.79 Å². The smallest absolute Gasteiger partial charge is 0.291 e. The Morgan fingerprint density at radius 3 is 2.50 bits per heavy atom. The number of likely N-dealkylation sites (N-methyl/N-ethyl adjacent to an activating group) is 1. The summed E-state index contributed by atoms with van der Waals surface area (Å²) in [5, 5.41) is -0.0201. The highest BCUT2D eigenvalue weighted by Gasteiger charge is 2.31. The minimum absolute atomic E-state index is 0.0201. The lowest BCUT2D eigenvalue weighted by Gasteiger charge is -2.32. The van der Waals surface area contributed by atoms with E-state index in [0.29, 0.717) is 18.0 Å². The first-order valence-electron chi connectivity index (χ1n) is 10.3. The third-order valence-electron chi connectivity index (χ3n) is 5.42. The Balaban J connectivity index is 1.41. The van der Waals surface area contributed by atoms with Crippen LogP contribution in [-0.4, -0.2) is 77.7 Å². The zero-order valence-corrected chi connectivity index (χ0v) is 19.3. The van der Waals surface area contributed by atoms with Crippen molar-refractivity contribution in [3.8, 4) is 5.75 Å². The molecular weight excluding hydrogens is 418 g/mol. The van der Waals surface area contributed by atoms with Gasteiger partial charge in [0.05, 0.1) is 12.0 Å². The summed E-state index contributed by atoms with van der Waals surface area (Å²) in [5.74, 6) is 1.04. The maximum atomic E-state index is 12.4. The van der Waals surface area contributed by atoms with E-state index in [4.69, 9.17) is 17.0 Å². The predicted octanol–water partition coefficient (Wildman–Crippen LogP) is 3.87. The van der Waals surface area contributed by atoms with Gasteiger partial charge in [-0.05, 0) is 55.4 Å². The molecule has 0 atom stereocenters. The van der Waals surface area contributed by atoms with Crippen LogP contribution in [0, 0.1) is 0 Å². The van der Waals surface area contributed by atoms with E-state index >= 15 is 0 Å². The van der Waals surface area contributed by atoms with Crippen LogP contribution in [0.5, 0.6) is 5.75 Å². The largest absolute Gasteiger partial charge is 0.497 e. The Hall–Kier alpha value is -1.90. The molecule has 2 aliphatic rings. The summed E-state index contributed by atoms with van der Waals surface area (Å²) in [5.41, 5.74) is 0.984. The number of thiocarbonyl (C=S) groups is 1. The summed E-state index contributed by atoms with van der Waals surface area (Å²) in [6.45, 7) is 4.15. The van der Waals surface area contributed by atoms with Gasteiger partial charge in [0.2, 0.25) is 5.91 Å². The summed E-state index contributed by atoms with van der Waals surface area (Å²) >= 11 is 6.71. The molecule has 6 nitrogen and oxygen atoms in total. The predicted molar refractivity (Wildman–Crippen MR) is 126 cm³/mol. The number of unbranched alkanes of at least 4 members (excludes halogenated alkanes) is 2. The zero-order valence-electron chi connectivity index (χ0n) is 17.6. The fourth-order valence-electron chi connectivity index (χ4n) is 3.48. The molecule has 0 bridgehead atoms. The number of benzene rings is 1. The monoisotopic (exact) mass is 447 g/mol. The number of amides is 2. The molecular formula is C22H29N3O3S2. The molecule has 3 rings (SSSR count). The van der Waals surface area contributed by atoms with Gasteiger partial charge in [-0.15, -0.1) is 0 Å². The summed E-state index contributed by atoms with van der Waals surface area (Å²) < 4.78 is 5.17. The van der Waals surface area contributed by atoms with Gasteiger partial charge in [-0.2, -0.15) is 0 Å². The first-order valence-corrected chi connectivity index (χ1v) is 11.6. The Morgan fingerprint density at radius 2 is 1.83 bits per heavy atom. The van der Waals surface area contributed by atoms with E-state index in [-0.39, 0.29) is 11.1 Å². The van der Waals surface area contributed by atoms with E-state index < -0.39 is 0 Å². The number of ether oxygens (including phenoxy) is 1. The Bertz CT molecular complexity index is 802. The molecule has 0 radical (unpaired) electrons. The summed E-state index contributed by atoms with van der Waals surface area (Å²) in [4.78, 5) is 31.9. The van der Waals surface area contributed by atoms with E-state index in [0.717, 1.165) is 61.7 Å². The van der Waals surface area contributed by atoms with Crippen LogP contribution in [0.1, 0.15) is 31.2 Å². The van der Waals surface area contributed by atoms with E-state index in [2.05, 4.69) is 11.9 Å². The molecule has 2 saturated heterocycles. The molecule has 1 aromatic rings. The second-order valence-corrected chi connectivity index (χ2v) is 8.98. The van der Waals surface area contributed by atoms with Gasteiger partial charge in [-0.3, -0.25) is 14.5 Å². The molecule has 2 heterocycles. The van der Waals surface area contributed by atoms with Crippen molar-refractivity contribution in [2.45, 2.75) is 25.7 Å². The number of hydrogen-bond acceptors (Lipinski definition) is 6. The van der Waals surface area contributed by atoms with Gasteiger partial charge in [-0.1, -0.05) is 30.8 Å². The quantitative estimate of drug-likeness (QED) is 0.343. The highest BCUT2D eigenvalue weighted by Crippen LogP contribution is 2.33. The standard InChI is InChI=1S/C22H29N3O3S2/c1-23-12-14-24(15-13-23)20(26)6-4-3-5-11-25-21(29)19(30-22(25)27)16-17-7-9-18(28-2)10-8-17/h7-10,16H,3-6,11-15H2,1-2H3/b19-16+. The number of carbonyl (C=O) groups excluding carboxylic acids is 2. The van der Waals surface area contributed by atoms with Crippen molar-refractivity contribution in [3.05, 3.63) is 34.7 Å². The van der Waals surface area contributed by atoms with Gasteiger partial charge in [0.25, 0.3) is 5.24 Å². The van der Waals surface area contributed by atoms with Gasteiger partial charge >= 0.3 is 0 Å². The third kappa shape index (κ3) is 6.06. The van der Waals surface area contributed by atoms with Crippen LogP contribution in [0.2, 0.25) is 0 Å².